The van der Waals surface area contributed by atoms with E-state index in [1.54, 1.807) is 25.3 Å². The Morgan fingerprint density at radius 2 is 1.82 bits per heavy atom. The number of ether oxygens (including phenoxy) is 2. The van der Waals surface area contributed by atoms with Crippen molar-refractivity contribution in [2.75, 3.05) is 26.8 Å². The van der Waals surface area contributed by atoms with Crippen LogP contribution in [0.1, 0.15) is 31.2 Å². The molecule has 1 fully saturated rings. The number of amides is 1. The summed E-state index contributed by atoms with van der Waals surface area (Å²) in [5, 5.41) is 0. The summed E-state index contributed by atoms with van der Waals surface area (Å²) in [5.74, 6) is 1.43. The van der Waals surface area contributed by atoms with Gasteiger partial charge in [-0.1, -0.05) is 24.3 Å². The zero-order valence-corrected chi connectivity index (χ0v) is 16.4. The van der Waals surface area contributed by atoms with Crippen LogP contribution in [-0.4, -0.2) is 37.6 Å². The van der Waals surface area contributed by atoms with Crippen LogP contribution in [0.25, 0.3) is 0 Å². The Kier molecular flexibility index (Phi) is 7.29. The highest BCUT2D eigenvalue weighted by atomic mass is 19.1. The maximum atomic E-state index is 13.5. The van der Waals surface area contributed by atoms with Gasteiger partial charge in [0.1, 0.15) is 5.75 Å². The van der Waals surface area contributed by atoms with Crippen molar-refractivity contribution in [2.45, 2.75) is 32.1 Å². The molecule has 0 N–H and O–H groups in total. The number of rotatable bonds is 8. The summed E-state index contributed by atoms with van der Waals surface area (Å²) >= 11 is 0. The average Bonchev–Trinajstić information content (AvgIpc) is 2.74. The van der Waals surface area contributed by atoms with Crippen molar-refractivity contribution >= 4 is 5.91 Å². The number of nitrogens with zero attached hydrogens (tertiary/aromatic N) is 1. The lowest BCUT2D eigenvalue weighted by molar-refractivity contribution is -0.133. The molecule has 1 saturated heterocycles. The molecule has 5 heteroatoms. The molecule has 0 aliphatic carbocycles. The van der Waals surface area contributed by atoms with Crippen LogP contribution >= 0.6 is 0 Å². The molecule has 1 heterocycles. The second-order valence-electron chi connectivity index (χ2n) is 7.24. The van der Waals surface area contributed by atoms with Crippen molar-refractivity contribution in [2.24, 2.45) is 5.92 Å². The number of likely N-dealkylation sites (tertiary alicyclic amines) is 1. The summed E-state index contributed by atoms with van der Waals surface area (Å²) < 4.78 is 24.1. The minimum absolute atomic E-state index is 0.0879. The third-order valence-corrected chi connectivity index (χ3v) is 5.38. The Bertz CT molecular complexity index is 755. The summed E-state index contributed by atoms with van der Waals surface area (Å²) in [7, 11) is 1.68. The first kappa shape index (κ1) is 20.2. The lowest BCUT2D eigenvalue weighted by Crippen LogP contribution is -2.39. The maximum Gasteiger partial charge on any atom is 0.225 e. The second kappa shape index (κ2) is 10.1. The van der Waals surface area contributed by atoms with E-state index in [0.717, 1.165) is 44.5 Å². The van der Waals surface area contributed by atoms with Crippen molar-refractivity contribution in [3.63, 3.8) is 0 Å². The van der Waals surface area contributed by atoms with Gasteiger partial charge in [-0.15, -0.1) is 0 Å². The van der Waals surface area contributed by atoms with E-state index in [1.807, 2.05) is 17.0 Å². The zero-order valence-electron chi connectivity index (χ0n) is 16.4. The molecule has 150 valence electrons. The van der Waals surface area contributed by atoms with Crippen LogP contribution < -0.4 is 9.47 Å². The lowest BCUT2D eigenvalue weighted by atomic mass is 9.90. The highest BCUT2D eigenvalue weighted by Crippen LogP contribution is 2.24. The Morgan fingerprint density at radius 1 is 1.11 bits per heavy atom. The highest BCUT2D eigenvalue weighted by molar-refractivity contribution is 5.76. The molecule has 0 spiro atoms. The molecule has 0 saturated carbocycles. The molecule has 0 atom stereocenters. The van der Waals surface area contributed by atoms with Gasteiger partial charge in [0, 0.05) is 13.1 Å². The van der Waals surface area contributed by atoms with Gasteiger partial charge in [0.25, 0.3) is 0 Å². The van der Waals surface area contributed by atoms with E-state index < -0.39 is 5.82 Å². The first-order valence-electron chi connectivity index (χ1n) is 9.93. The van der Waals surface area contributed by atoms with Gasteiger partial charge < -0.3 is 14.4 Å². The number of hydrogen-bond donors (Lipinski definition) is 0. The number of aryl methyl sites for hydroxylation is 1. The number of piperidine rings is 1. The second-order valence-corrected chi connectivity index (χ2v) is 7.24. The van der Waals surface area contributed by atoms with E-state index in [0.29, 0.717) is 5.92 Å². The van der Waals surface area contributed by atoms with Crippen molar-refractivity contribution in [1.29, 1.82) is 0 Å². The monoisotopic (exact) mass is 385 g/mol. The van der Waals surface area contributed by atoms with Crippen LogP contribution in [-0.2, 0) is 11.2 Å². The van der Waals surface area contributed by atoms with Gasteiger partial charge in [-0.3, -0.25) is 4.79 Å². The van der Waals surface area contributed by atoms with E-state index in [9.17, 15) is 9.18 Å². The van der Waals surface area contributed by atoms with Crippen molar-refractivity contribution in [3.8, 4) is 11.5 Å². The van der Waals surface area contributed by atoms with Crippen LogP contribution in [0.4, 0.5) is 4.39 Å². The first-order chi connectivity index (χ1) is 13.7. The Labute approximate surface area is 166 Å². The molecule has 28 heavy (non-hydrogen) atoms. The minimum Gasteiger partial charge on any atom is -0.497 e. The number of hydrogen-bond acceptors (Lipinski definition) is 3. The van der Waals surface area contributed by atoms with Gasteiger partial charge in [0.15, 0.2) is 11.6 Å². The molecule has 0 radical (unpaired) electrons. The summed E-state index contributed by atoms with van der Waals surface area (Å²) in [5.41, 5.74) is 1.32. The molecule has 0 unspecified atom stereocenters. The van der Waals surface area contributed by atoms with E-state index in [1.165, 1.54) is 11.6 Å². The standard InChI is InChI=1S/C23H28FNO3/c1-27-20-10-8-18(9-11-20)6-7-19-12-15-25(16-13-19)23(26)14-17-28-22-5-3-2-4-21(22)24/h2-5,8-11,19H,6-7,12-17H2,1H3. The summed E-state index contributed by atoms with van der Waals surface area (Å²) in [4.78, 5) is 14.3. The average molecular weight is 385 g/mol. The molecular weight excluding hydrogens is 357 g/mol. The van der Waals surface area contributed by atoms with Crippen LogP contribution in [0.15, 0.2) is 48.5 Å². The zero-order chi connectivity index (χ0) is 19.8. The molecule has 1 aliphatic heterocycles. The summed E-state index contributed by atoms with van der Waals surface area (Å²) in [6.07, 6.45) is 4.56. The number of methoxy groups -OCH3 is 1. The predicted molar refractivity (Wildman–Crippen MR) is 107 cm³/mol. The fourth-order valence-electron chi connectivity index (χ4n) is 3.60. The van der Waals surface area contributed by atoms with Gasteiger partial charge >= 0.3 is 0 Å². The number of halogens is 1. The fraction of sp³-hybridized carbons (Fsp3) is 0.435. The van der Waals surface area contributed by atoms with Gasteiger partial charge in [-0.05, 0) is 61.4 Å². The van der Waals surface area contributed by atoms with Gasteiger partial charge in [0.05, 0.1) is 20.1 Å². The van der Waals surface area contributed by atoms with E-state index in [4.69, 9.17) is 9.47 Å². The molecule has 2 aromatic rings. The van der Waals surface area contributed by atoms with Crippen LogP contribution in [0.5, 0.6) is 11.5 Å². The third kappa shape index (κ3) is 5.72. The Hall–Kier alpha value is -2.56. The minimum atomic E-state index is -0.396. The van der Waals surface area contributed by atoms with E-state index >= 15 is 0 Å². The number of carbonyl (C=O) groups excluding carboxylic acids is 1. The molecule has 0 aromatic heterocycles. The normalized spacial score (nSPS) is 14.7. The molecular formula is C23H28FNO3. The molecule has 4 nitrogen and oxygen atoms in total. The van der Waals surface area contributed by atoms with Crippen LogP contribution in [0.2, 0.25) is 0 Å². The lowest BCUT2D eigenvalue weighted by Gasteiger charge is -2.32. The number of carbonyl (C=O) groups is 1. The fourth-order valence-corrected chi connectivity index (χ4v) is 3.60. The van der Waals surface area contributed by atoms with Gasteiger partial charge in [-0.2, -0.15) is 0 Å². The Morgan fingerprint density at radius 3 is 2.50 bits per heavy atom. The highest BCUT2D eigenvalue weighted by Gasteiger charge is 2.22. The SMILES string of the molecule is COc1ccc(CCC2CCN(C(=O)CCOc3ccccc3F)CC2)cc1. The molecule has 2 aromatic carbocycles. The molecule has 3 rings (SSSR count). The summed E-state index contributed by atoms with van der Waals surface area (Å²) in [6.45, 7) is 1.80. The van der Waals surface area contributed by atoms with Crippen LogP contribution in [0, 0.1) is 11.7 Å². The van der Waals surface area contributed by atoms with E-state index in [-0.39, 0.29) is 24.7 Å². The predicted octanol–water partition coefficient (Wildman–Crippen LogP) is 4.47. The third-order valence-electron chi connectivity index (χ3n) is 5.38. The molecule has 0 bridgehead atoms. The largest absolute Gasteiger partial charge is 0.497 e. The number of para-hydroxylation sites is 1. The topological polar surface area (TPSA) is 38.8 Å². The quantitative estimate of drug-likeness (QED) is 0.673. The first-order valence-corrected chi connectivity index (χ1v) is 9.93. The van der Waals surface area contributed by atoms with Crippen molar-refractivity contribution in [3.05, 3.63) is 59.9 Å². The maximum absolute atomic E-state index is 13.5. The smallest absolute Gasteiger partial charge is 0.225 e. The van der Waals surface area contributed by atoms with Crippen molar-refractivity contribution in [1.82, 2.24) is 4.90 Å². The van der Waals surface area contributed by atoms with Gasteiger partial charge in [0.2, 0.25) is 5.91 Å². The number of benzene rings is 2. The van der Waals surface area contributed by atoms with Crippen LogP contribution in [0.3, 0.4) is 0 Å². The van der Waals surface area contributed by atoms with Gasteiger partial charge in [-0.25, -0.2) is 4.39 Å². The molecule has 1 amide bonds. The molecule has 1 aliphatic rings. The summed E-state index contributed by atoms with van der Waals surface area (Å²) in [6, 6.07) is 14.5. The van der Waals surface area contributed by atoms with E-state index in [2.05, 4.69) is 12.1 Å². The van der Waals surface area contributed by atoms with Crippen molar-refractivity contribution < 1.29 is 18.7 Å². The Balaban J connectivity index is 1.34.